The third-order valence-corrected chi connectivity index (χ3v) is 6.16. The van der Waals surface area contributed by atoms with Crippen molar-refractivity contribution in [3.63, 3.8) is 0 Å². The fourth-order valence-corrected chi connectivity index (χ4v) is 4.69. The van der Waals surface area contributed by atoms with Crippen LogP contribution in [-0.2, 0) is 11.2 Å². The second kappa shape index (κ2) is 8.33. The van der Waals surface area contributed by atoms with E-state index < -0.39 is 11.6 Å². The molecule has 1 aliphatic carbocycles. The largest absolute Gasteiger partial charge is 0.481 e. The molecule has 2 fully saturated rings. The van der Waals surface area contributed by atoms with Crippen LogP contribution in [0.3, 0.4) is 0 Å². The highest BCUT2D eigenvalue weighted by atomic mass is 16.4. The summed E-state index contributed by atoms with van der Waals surface area (Å²) in [5.41, 5.74) is 0.594. The highest BCUT2D eigenvalue weighted by Crippen LogP contribution is 2.37. The molecule has 2 aliphatic rings. The van der Waals surface area contributed by atoms with Crippen molar-refractivity contribution in [3.05, 3.63) is 35.9 Å². The van der Waals surface area contributed by atoms with Crippen molar-refractivity contribution in [2.75, 3.05) is 19.6 Å². The van der Waals surface area contributed by atoms with Gasteiger partial charge in [0, 0.05) is 6.54 Å². The highest BCUT2D eigenvalue weighted by Gasteiger charge is 2.41. The molecule has 4 nitrogen and oxygen atoms in total. The van der Waals surface area contributed by atoms with Crippen LogP contribution in [0.2, 0.25) is 0 Å². The molecular weight excluding hydrogens is 314 g/mol. The van der Waals surface area contributed by atoms with E-state index in [0.29, 0.717) is 6.54 Å². The van der Waals surface area contributed by atoms with Gasteiger partial charge in [-0.1, -0.05) is 43.2 Å². The van der Waals surface area contributed by atoms with E-state index in [1.54, 1.807) is 0 Å². The van der Waals surface area contributed by atoms with Crippen LogP contribution < -0.4 is 0 Å². The Morgan fingerprint density at radius 1 is 1.12 bits per heavy atom. The maximum absolute atomic E-state index is 11.1. The second-order valence-electron chi connectivity index (χ2n) is 8.05. The molecule has 0 aromatic heterocycles. The van der Waals surface area contributed by atoms with E-state index in [9.17, 15) is 9.90 Å². The summed E-state index contributed by atoms with van der Waals surface area (Å²) in [4.78, 5) is 13.5. The number of hydrogen-bond acceptors (Lipinski definition) is 3. The normalized spacial score (nSPS) is 28.8. The molecule has 1 aliphatic heterocycles. The first kappa shape index (κ1) is 18.4. The summed E-state index contributed by atoms with van der Waals surface area (Å²) < 4.78 is 0. The maximum Gasteiger partial charge on any atom is 0.303 e. The van der Waals surface area contributed by atoms with E-state index >= 15 is 0 Å². The maximum atomic E-state index is 11.1. The van der Waals surface area contributed by atoms with Crippen LogP contribution >= 0.6 is 0 Å². The summed E-state index contributed by atoms with van der Waals surface area (Å²) in [5.74, 6) is -0.165. The van der Waals surface area contributed by atoms with Gasteiger partial charge in [0.2, 0.25) is 0 Å². The molecule has 3 rings (SSSR count). The molecule has 25 heavy (non-hydrogen) atoms. The van der Waals surface area contributed by atoms with Gasteiger partial charge in [-0.2, -0.15) is 0 Å². The lowest BCUT2D eigenvalue weighted by atomic mass is 9.73. The lowest BCUT2D eigenvalue weighted by Gasteiger charge is -2.44. The van der Waals surface area contributed by atoms with E-state index in [1.165, 1.54) is 5.56 Å². The first-order chi connectivity index (χ1) is 12.0. The van der Waals surface area contributed by atoms with Crippen molar-refractivity contribution in [3.8, 4) is 0 Å². The van der Waals surface area contributed by atoms with E-state index in [1.807, 2.05) is 0 Å². The molecule has 2 atom stereocenters. The molecule has 0 spiro atoms. The zero-order chi connectivity index (χ0) is 17.7. The zero-order valence-corrected chi connectivity index (χ0v) is 15.1. The van der Waals surface area contributed by atoms with Crippen LogP contribution in [0.25, 0.3) is 0 Å². The number of piperidine rings is 1. The van der Waals surface area contributed by atoms with Crippen LogP contribution in [-0.4, -0.2) is 46.3 Å². The standard InChI is InChI=1S/C21H31NO3/c23-20(24)15-19-8-4-5-11-21(19,25)16-22-12-9-18(10-13-22)14-17-6-2-1-3-7-17/h1-3,6-7,18-19,25H,4-5,8-16H2,(H,23,24)/t19-,21+/m0/s1. The number of aliphatic carboxylic acids is 1. The molecule has 1 aromatic carbocycles. The Morgan fingerprint density at radius 2 is 1.84 bits per heavy atom. The lowest BCUT2D eigenvalue weighted by Crippen LogP contribution is -2.52. The Labute approximate surface area is 150 Å². The minimum Gasteiger partial charge on any atom is -0.481 e. The first-order valence-electron chi connectivity index (χ1n) is 9.75. The Morgan fingerprint density at radius 3 is 2.52 bits per heavy atom. The lowest BCUT2D eigenvalue weighted by molar-refractivity contribution is -0.144. The Balaban J connectivity index is 1.51. The van der Waals surface area contributed by atoms with Crippen LogP contribution in [0.15, 0.2) is 30.3 Å². The number of carboxylic acids is 1. The van der Waals surface area contributed by atoms with Crippen molar-refractivity contribution in [1.82, 2.24) is 4.90 Å². The van der Waals surface area contributed by atoms with Crippen molar-refractivity contribution in [1.29, 1.82) is 0 Å². The molecule has 2 N–H and O–H groups in total. The minimum absolute atomic E-state index is 0.0965. The first-order valence-corrected chi connectivity index (χ1v) is 9.75. The number of rotatable bonds is 6. The molecule has 0 radical (unpaired) electrons. The van der Waals surface area contributed by atoms with Gasteiger partial charge in [-0.25, -0.2) is 0 Å². The summed E-state index contributed by atoms with van der Waals surface area (Å²) in [5, 5.41) is 20.3. The van der Waals surface area contributed by atoms with Gasteiger partial charge in [0.15, 0.2) is 0 Å². The Bertz CT molecular complexity index is 554. The number of carbonyl (C=O) groups is 1. The minimum atomic E-state index is -0.817. The van der Waals surface area contributed by atoms with Crippen LogP contribution in [0.1, 0.15) is 50.5 Å². The number of β-amino-alcohol motifs (C(OH)–C–C–N with tert-alkyl or cyclic N) is 1. The van der Waals surface area contributed by atoms with E-state index in [0.717, 1.165) is 64.0 Å². The predicted molar refractivity (Wildman–Crippen MR) is 98.5 cm³/mol. The average Bonchev–Trinajstić information content (AvgIpc) is 2.59. The molecule has 1 saturated carbocycles. The molecule has 0 bridgehead atoms. The third kappa shape index (κ3) is 5.05. The van der Waals surface area contributed by atoms with Crippen molar-refractivity contribution in [2.45, 2.75) is 57.0 Å². The molecular formula is C21H31NO3. The Kier molecular flexibility index (Phi) is 6.13. The van der Waals surface area contributed by atoms with Gasteiger partial charge in [0.25, 0.3) is 0 Å². The smallest absolute Gasteiger partial charge is 0.303 e. The third-order valence-electron chi connectivity index (χ3n) is 6.16. The SMILES string of the molecule is O=C(O)C[C@@H]1CCCC[C@@]1(O)CN1CCC(Cc2ccccc2)CC1. The van der Waals surface area contributed by atoms with Crippen LogP contribution in [0.5, 0.6) is 0 Å². The number of carboxylic acid groups (broad SMARTS) is 1. The van der Waals surface area contributed by atoms with Gasteiger partial charge in [-0.05, 0) is 62.6 Å². The number of aliphatic hydroxyl groups is 1. The summed E-state index contributed by atoms with van der Waals surface area (Å²) in [7, 11) is 0. The van der Waals surface area contributed by atoms with Gasteiger partial charge in [0.1, 0.15) is 0 Å². The predicted octanol–water partition coefficient (Wildman–Crippen LogP) is 3.34. The fourth-order valence-electron chi connectivity index (χ4n) is 4.69. The number of likely N-dealkylation sites (tertiary alicyclic amines) is 1. The molecule has 0 unspecified atom stereocenters. The van der Waals surface area contributed by atoms with E-state index in [2.05, 4.69) is 35.2 Å². The number of nitrogens with zero attached hydrogens (tertiary/aromatic N) is 1. The van der Waals surface area contributed by atoms with Crippen molar-refractivity contribution >= 4 is 5.97 Å². The van der Waals surface area contributed by atoms with Crippen molar-refractivity contribution in [2.24, 2.45) is 11.8 Å². The van der Waals surface area contributed by atoms with Gasteiger partial charge >= 0.3 is 5.97 Å². The average molecular weight is 345 g/mol. The second-order valence-corrected chi connectivity index (χ2v) is 8.05. The molecule has 1 heterocycles. The van der Waals surface area contributed by atoms with Gasteiger partial charge in [-0.15, -0.1) is 0 Å². The summed E-state index contributed by atoms with van der Waals surface area (Å²) in [6.07, 6.45) is 7.20. The monoisotopic (exact) mass is 345 g/mol. The van der Waals surface area contributed by atoms with Crippen LogP contribution in [0.4, 0.5) is 0 Å². The Hall–Kier alpha value is -1.39. The van der Waals surface area contributed by atoms with Crippen molar-refractivity contribution < 1.29 is 15.0 Å². The summed E-state index contributed by atoms with van der Waals surface area (Å²) in [6.45, 7) is 2.67. The molecule has 0 amide bonds. The highest BCUT2D eigenvalue weighted by molar-refractivity contribution is 5.67. The quantitative estimate of drug-likeness (QED) is 0.830. The zero-order valence-electron chi connectivity index (χ0n) is 15.1. The fraction of sp³-hybridized carbons (Fsp3) is 0.667. The molecule has 4 heteroatoms. The van der Waals surface area contributed by atoms with E-state index in [-0.39, 0.29) is 12.3 Å². The molecule has 138 valence electrons. The molecule has 1 saturated heterocycles. The number of benzene rings is 1. The summed E-state index contributed by atoms with van der Waals surface area (Å²) >= 11 is 0. The van der Waals surface area contributed by atoms with Gasteiger partial charge < -0.3 is 15.1 Å². The summed E-state index contributed by atoms with van der Waals surface area (Å²) in [6, 6.07) is 10.7. The van der Waals surface area contributed by atoms with E-state index in [4.69, 9.17) is 5.11 Å². The molecule has 1 aromatic rings. The van der Waals surface area contributed by atoms with Gasteiger partial charge in [-0.3, -0.25) is 4.79 Å². The van der Waals surface area contributed by atoms with Crippen LogP contribution in [0, 0.1) is 11.8 Å². The number of hydrogen-bond donors (Lipinski definition) is 2. The van der Waals surface area contributed by atoms with Gasteiger partial charge in [0.05, 0.1) is 12.0 Å². The topological polar surface area (TPSA) is 60.8 Å².